The van der Waals surface area contributed by atoms with Gasteiger partial charge in [0.05, 0.1) is 0 Å². The number of halogens is 1. The number of amides is 1. The second kappa shape index (κ2) is 5.92. The third kappa shape index (κ3) is 4.05. The molecule has 1 aromatic heterocycles. The molecule has 5 heteroatoms. The first-order valence-electron chi connectivity index (χ1n) is 4.89. The number of carbonyl (C=O) groups excluding carboxylic acids is 1. The van der Waals surface area contributed by atoms with Crippen LogP contribution in [0.15, 0.2) is 16.7 Å². The smallest absolute Gasteiger partial charge is 0.267 e. The van der Waals surface area contributed by atoms with Crippen molar-refractivity contribution in [2.24, 2.45) is 0 Å². The summed E-state index contributed by atoms with van der Waals surface area (Å²) in [4.78, 5) is 14.5. The number of hydrogen-bond donors (Lipinski definition) is 3. The summed E-state index contributed by atoms with van der Waals surface area (Å²) in [7, 11) is 0. The van der Waals surface area contributed by atoms with Crippen molar-refractivity contribution in [2.45, 2.75) is 25.8 Å². The Morgan fingerprint density at radius 1 is 1.73 bits per heavy atom. The molecule has 1 amide bonds. The van der Waals surface area contributed by atoms with Crippen LogP contribution < -0.4 is 5.32 Å². The van der Waals surface area contributed by atoms with Gasteiger partial charge < -0.3 is 15.4 Å². The largest absolute Gasteiger partial charge is 0.396 e. The summed E-state index contributed by atoms with van der Waals surface area (Å²) in [6.45, 7) is 2.08. The highest BCUT2D eigenvalue weighted by molar-refractivity contribution is 9.10. The van der Waals surface area contributed by atoms with Crippen LogP contribution in [0.3, 0.4) is 0 Å². The molecule has 0 aliphatic heterocycles. The molecule has 0 spiro atoms. The van der Waals surface area contributed by atoms with Crippen LogP contribution >= 0.6 is 15.9 Å². The minimum atomic E-state index is -0.119. The molecule has 0 radical (unpaired) electrons. The standard InChI is InChI=1S/C10H15BrN2O2/c1-7(3-2-4-14)13-10(15)9-5-8(11)6-12-9/h5-7,12,14H,2-4H2,1H3,(H,13,15). The van der Waals surface area contributed by atoms with Crippen LogP contribution in [0.2, 0.25) is 0 Å². The zero-order chi connectivity index (χ0) is 11.3. The quantitative estimate of drug-likeness (QED) is 0.765. The van der Waals surface area contributed by atoms with E-state index >= 15 is 0 Å². The Morgan fingerprint density at radius 3 is 3.00 bits per heavy atom. The molecule has 1 atom stereocenters. The Hall–Kier alpha value is -0.810. The maximum absolute atomic E-state index is 11.6. The Bertz CT molecular complexity index is 325. The van der Waals surface area contributed by atoms with E-state index in [0.29, 0.717) is 12.1 Å². The van der Waals surface area contributed by atoms with Gasteiger partial charge in [-0.15, -0.1) is 0 Å². The SMILES string of the molecule is CC(CCCO)NC(=O)c1cc(Br)c[nH]1. The summed E-state index contributed by atoms with van der Waals surface area (Å²) in [5, 5.41) is 11.5. The number of aliphatic hydroxyl groups is 1. The molecule has 1 rings (SSSR count). The first-order chi connectivity index (χ1) is 7.13. The zero-order valence-corrected chi connectivity index (χ0v) is 10.2. The average Bonchev–Trinajstić information content (AvgIpc) is 2.61. The molecular formula is C10H15BrN2O2. The Labute approximate surface area is 97.2 Å². The molecule has 0 fully saturated rings. The van der Waals surface area contributed by atoms with Crippen molar-refractivity contribution in [3.05, 3.63) is 22.4 Å². The lowest BCUT2D eigenvalue weighted by Crippen LogP contribution is -2.32. The molecule has 0 aliphatic carbocycles. The van der Waals surface area contributed by atoms with E-state index in [0.717, 1.165) is 10.9 Å². The predicted molar refractivity (Wildman–Crippen MR) is 61.7 cm³/mol. The summed E-state index contributed by atoms with van der Waals surface area (Å²) in [6, 6.07) is 1.81. The van der Waals surface area contributed by atoms with Crippen LogP contribution in [0.4, 0.5) is 0 Å². The van der Waals surface area contributed by atoms with Gasteiger partial charge in [-0.05, 0) is 41.8 Å². The van der Waals surface area contributed by atoms with Crippen LogP contribution in [0, 0.1) is 0 Å². The number of hydrogen-bond acceptors (Lipinski definition) is 2. The van der Waals surface area contributed by atoms with Gasteiger partial charge in [0.1, 0.15) is 5.69 Å². The van der Waals surface area contributed by atoms with E-state index in [1.807, 2.05) is 6.92 Å². The van der Waals surface area contributed by atoms with Crippen molar-refractivity contribution in [3.63, 3.8) is 0 Å². The first kappa shape index (κ1) is 12.3. The van der Waals surface area contributed by atoms with E-state index in [1.54, 1.807) is 12.3 Å². The highest BCUT2D eigenvalue weighted by Crippen LogP contribution is 2.10. The maximum Gasteiger partial charge on any atom is 0.267 e. The monoisotopic (exact) mass is 274 g/mol. The molecule has 84 valence electrons. The molecule has 0 saturated heterocycles. The van der Waals surface area contributed by atoms with Crippen molar-refractivity contribution < 1.29 is 9.90 Å². The van der Waals surface area contributed by atoms with Gasteiger partial charge in [-0.1, -0.05) is 0 Å². The summed E-state index contributed by atoms with van der Waals surface area (Å²) in [5.41, 5.74) is 0.540. The Kier molecular flexibility index (Phi) is 4.84. The van der Waals surface area contributed by atoms with Gasteiger partial charge in [-0.2, -0.15) is 0 Å². The normalized spacial score (nSPS) is 12.5. The van der Waals surface area contributed by atoms with Crippen LogP contribution in [0.1, 0.15) is 30.3 Å². The molecular weight excluding hydrogens is 260 g/mol. The fourth-order valence-corrected chi connectivity index (χ4v) is 1.61. The third-order valence-corrected chi connectivity index (χ3v) is 2.52. The number of rotatable bonds is 5. The van der Waals surface area contributed by atoms with Crippen molar-refractivity contribution in [1.29, 1.82) is 0 Å². The van der Waals surface area contributed by atoms with E-state index < -0.39 is 0 Å². The minimum absolute atomic E-state index is 0.0757. The van der Waals surface area contributed by atoms with E-state index in [2.05, 4.69) is 26.2 Å². The van der Waals surface area contributed by atoms with Crippen LogP contribution in [-0.4, -0.2) is 28.6 Å². The van der Waals surface area contributed by atoms with Crippen molar-refractivity contribution in [2.75, 3.05) is 6.61 Å². The molecule has 0 aromatic carbocycles. The van der Waals surface area contributed by atoms with Gasteiger partial charge >= 0.3 is 0 Å². The van der Waals surface area contributed by atoms with E-state index in [9.17, 15) is 4.79 Å². The van der Waals surface area contributed by atoms with Crippen LogP contribution in [0.25, 0.3) is 0 Å². The molecule has 0 aliphatic rings. The van der Waals surface area contributed by atoms with Gasteiger partial charge in [0.2, 0.25) is 0 Å². The molecule has 1 heterocycles. The predicted octanol–water partition coefficient (Wildman–Crippen LogP) is 1.67. The maximum atomic E-state index is 11.6. The average molecular weight is 275 g/mol. The minimum Gasteiger partial charge on any atom is -0.396 e. The van der Waals surface area contributed by atoms with E-state index in [4.69, 9.17) is 5.11 Å². The van der Waals surface area contributed by atoms with E-state index in [1.165, 1.54) is 0 Å². The Morgan fingerprint density at radius 2 is 2.47 bits per heavy atom. The van der Waals surface area contributed by atoms with Crippen LogP contribution in [-0.2, 0) is 0 Å². The lowest BCUT2D eigenvalue weighted by molar-refractivity contribution is 0.0932. The summed E-state index contributed by atoms with van der Waals surface area (Å²) in [5.74, 6) is -0.119. The summed E-state index contributed by atoms with van der Waals surface area (Å²) >= 11 is 3.26. The second-order valence-electron chi connectivity index (χ2n) is 3.47. The Balaban J connectivity index is 2.42. The summed E-state index contributed by atoms with van der Waals surface area (Å²) < 4.78 is 0.857. The number of H-pyrrole nitrogens is 1. The fraction of sp³-hybridized carbons (Fsp3) is 0.500. The van der Waals surface area contributed by atoms with Crippen LogP contribution in [0.5, 0.6) is 0 Å². The number of aromatic nitrogens is 1. The third-order valence-electron chi connectivity index (χ3n) is 2.07. The lowest BCUT2D eigenvalue weighted by Gasteiger charge is -2.12. The highest BCUT2D eigenvalue weighted by Gasteiger charge is 2.10. The summed E-state index contributed by atoms with van der Waals surface area (Å²) in [6.07, 6.45) is 3.20. The number of nitrogens with one attached hydrogen (secondary N) is 2. The van der Waals surface area contributed by atoms with Gasteiger partial charge in [0.25, 0.3) is 5.91 Å². The fourth-order valence-electron chi connectivity index (χ4n) is 1.27. The zero-order valence-electron chi connectivity index (χ0n) is 8.59. The van der Waals surface area contributed by atoms with Crippen molar-refractivity contribution >= 4 is 21.8 Å². The first-order valence-corrected chi connectivity index (χ1v) is 5.68. The number of aromatic amines is 1. The van der Waals surface area contributed by atoms with Gasteiger partial charge in [0.15, 0.2) is 0 Å². The van der Waals surface area contributed by atoms with Crippen molar-refractivity contribution in [3.8, 4) is 0 Å². The highest BCUT2D eigenvalue weighted by atomic mass is 79.9. The molecule has 0 bridgehead atoms. The molecule has 15 heavy (non-hydrogen) atoms. The van der Waals surface area contributed by atoms with Crippen molar-refractivity contribution in [1.82, 2.24) is 10.3 Å². The topological polar surface area (TPSA) is 65.1 Å². The molecule has 3 N–H and O–H groups in total. The van der Waals surface area contributed by atoms with Gasteiger partial charge in [-0.25, -0.2) is 0 Å². The molecule has 1 aromatic rings. The number of aliphatic hydroxyl groups excluding tert-OH is 1. The van der Waals surface area contributed by atoms with Gasteiger partial charge in [-0.3, -0.25) is 4.79 Å². The number of carbonyl (C=O) groups is 1. The molecule has 1 unspecified atom stereocenters. The molecule has 0 saturated carbocycles. The lowest BCUT2D eigenvalue weighted by atomic mass is 10.2. The molecule has 4 nitrogen and oxygen atoms in total. The second-order valence-corrected chi connectivity index (χ2v) is 4.39. The van der Waals surface area contributed by atoms with E-state index in [-0.39, 0.29) is 18.6 Å². The van der Waals surface area contributed by atoms with Gasteiger partial charge in [0, 0.05) is 23.3 Å².